The number of carbonyl (C=O) groups excluding carboxylic acids is 1. The van der Waals surface area contributed by atoms with E-state index in [1.165, 1.54) is 12.1 Å². The summed E-state index contributed by atoms with van der Waals surface area (Å²) in [5.74, 6) is -0.0651. The smallest absolute Gasteiger partial charge is 0.240 e. The molecule has 0 fully saturated rings. The maximum atomic E-state index is 12.0. The van der Waals surface area contributed by atoms with Gasteiger partial charge in [-0.05, 0) is 18.7 Å². The molecule has 1 aromatic rings. The van der Waals surface area contributed by atoms with Crippen LogP contribution in [0.1, 0.15) is 30.6 Å². The van der Waals surface area contributed by atoms with Crippen LogP contribution in [0.5, 0.6) is 0 Å². The molecule has 106 valence electrons. The van der Waals surface area contributed by atoms with Gasteiger partial charge in [0.05, 0.1) is 4.90 Å². The van der Waals surface area contributed by atoms with Crippen LogP contribution in [0.25, 0.3) is 0 Å². The Labute approximate surface area is 114 Å². The van der Waals surface area contributed by atoms with Crippen LogP contribution >= 0.6 is 0 Å². The molecular weight excluding hydrogens is 264 g/mol. The van der Waals surface area contributed by atoms with Crippen molar-refractivity contribution < 1.29 is 13.2 Å². The molecule has 2 N–H and O–H groups in total. The fraction of sp³-hybridized carbons (Fsp3) is 0.462. The zero-order valence-electron chi connectivity index (χ0n) is 11.3. The maximum absolute atomic E-state index is 12.0. The summed E-state index contributed by atoms with van der Waals surface area (Å²) in [5.41, 5.74) is 0.428. The molecule has 0 bridgehead atoms. The van der Waals surface area contributed by atoms with E-state index in [1.807, 2.05) is 6.92 Å². The summed E-state index contributed by atoms with van der Waals surface area (Å²) < 4.78 is 26.5. The molecule has 5 nitrogen and oxygen atoms in total. The minimum atomic E-state index is -3.55. The first-order valence-corrected chi connectivity index (χ1v) is 7.83. The molecule has 0 saturated carbocycles. The van der Waals surface area contributed by atoms with Crippen LogP contribution in [0.4, 0.5) is 0 Å². The molecule has 0 spiro atoms. The summed E-state index contributed by atoms with van der Waals surface area (Å²) in [6.07, 6.45) is 0.358. The molecule has 0 unspecified atom stereocenters. The third-order valence-electron chi connectivity index (χ3n) is 2.63. The first-order valence-electron chi connectivity index (χ1n) is 6.35. The van der Waals surface area contributed by atoms with Crippen molar-refractivity contribution in [3.8, 4) is 0 Å². The summed E-state index contributed by atoms with van der Waals surface area (Å²) in [6.45, 7) is 5.39. The monoisotopic (exact) mass is 284 g/mol. The van der Waals surface area contributed by atoms with Gasteiger partial charge in [-0.1, -0.05) is 26.0 Å². The van der Waals surface area contributed by atoms with Crippen LogP contribution in [-0.2, 0) is 10.0 Å². The number of Topliss-reactive ketones (excluding diaryl/α,β-unsaturated/α-hetero) is 1. The molecular formula is C13H20N2O3S. The normalized spacial score (nSPS) is 11.5. The van der Waals surface area contributed by atoms with E-state index in [2.05, 4.69) is 10.0 Å². The van der Waals surface area contributed by atoms with Crippen molar-refractivity contribution in [2.45, 2.75) is 25.2 Å². The van der Waals surface area contributed by atoms with E-state index in [9.17, 15) is 13.2 Å². The fourth-order valence-corrected chi connectivity index (χ4v) is 2.65. The number of hydrogen-bond acceptors (Lipinski definition) is 4. The lowest BCUT2D eigenvalue weighted by Crippen LogP contribution is -2.31. The first-order chi connectivity index (χ1) is 9.01. The first kappa shape index (κ1) is 15.8. The van der Waals surface area contributed by atoms with Gasteiger partial charge in [-0.3, -0.25) is 4.79 Å². The average Bonchev–Trinajstić information content (AvgIpc) is 2.43. The minimum Gasteiger partial charge on any atom is -0.316 e. The number of likely N-dealkylation sites (N-methyl/N-ethyl adjacent to an activating group) is 1. The Hall–Kier alpha value is -1.24. The van der Waals surface area contributed by atoms with E-state index in [1.54, 1.807) is 19.1 Å². The number of carbonyl (C=O) groups is 1. The molecule has 0 aliphatic carbocycles. The molecule has 0 heterocycles. The number of rotatable bonds is 8. The van der Waals surface area contributed by atoms with Crippen LogP contribution in [0.3, 0.4) is 0 Å². The van der Waals surface area contributed by atoms with Crippen LogP contribution < -0.4 is 10.0 Å². The second kappa shape index (κ2) is 7.37. The van der Waals surface area contributed by atoms with Crippen molar-refractivity contribution in [3.63, 3.8) is 0 Å². The second-order valence-electron chi connectivity index (χ2n) is 4.06. The Morgan fingerprint density at radius 2 is 1.95 bits per heavy atom. The van der Waals surface area contributed by atoms with E-state index in [0.717, 1.165) is 6.54 Å². The van der Waals surface area contributed by atoms with Gasteiger partial charge >= 0.3 is 0 Å². The van der Waals surface area contributed by atoms with E-state index in [-0.39, 0.29) is 10.7 Å². The van der Waals surface area contributed by atoms with E-state index < -0.39 is 10.0 Å². The molecule has 1 aromatic carbocycles. The predicted molar refractivity (Wildman–Crippen MR) is 74.8 cm³/mol. The highest BCUT2D eigenvalue weighted by atomic mass is 32.2. The summed E-state index contributed by atoms with van der Waals surface area (Å²) in [5, 5.41) is 3.03. The summed E-state index contributed by atoms with van der Waals surface area (Å²) in [7, 11) is -3.55. The van der Waals surface area contributed by atoms with Crippen molar-refractivity contribution in [2.24, 2.45) is 0 Å². The fourth-order valence-electron chi connectivity index (χ4n) is 1.57. The van der Waals surface area contributed by atoms with Gasteiger partial charge in [-0.2, -0.15) is 0 Å². The molecule has 1 rings (SSSR count). The van der Waals surface area contributed by atoms with E-state index in [0.29, 0.717) is 25.1 Å². The van der Waals surface area contributed by atoms with Gasteiger partial charge in [0.25, 0.3) is 0 Å². The molecule has 19 heavy (non-hydrogen) atoms. The van der Waals surface area contributed by atoms with E-state index in [4.69, 9.17) is 0 Å². The molecule has 0 atom stereocenters. The Balaban J connectivity index is 2.80. The number of hydrogen-bond donors (Lipinski definition) is 2. The second-order valence-corrected chi connectivity index (χ2v) is 5.82. The largest absolute Gasteiger partial charge is 0.316 e. The molecule has 0 radical (unpaired) electrons. The lowest BCUT2D eigenvalue weighted by Gasteiger charge is -2.08. The number of sulfonamides is 1. The maximum Gasteiger partial charge on any atom is 0.240 e. The van der Waals surface area contributed by atoms with Gasteiger partial charge in [0.1, 0.15) is 0 Å². The summed E-state index contributed by atoms with van der Waals surface area (Å²) >= 11 is 0. The Kier molecular flexibility index (Phi) is 6.14. The van der Waals surface area contributed by atoms with Gasteiger partial charge in [0.2, 0.25) is 10.0 Å². The average molecular weight is 284 g/mol. The SMILES string of the molecule is CCNCCNS(=O)(=O)c1cccc(C(=O)CC)c1. The number of nitrogens with one attached hydrogen (secondary N) is 2. The molecule has 6 heteroatoms. The van der Waals surface area contributed by atoms with Gasteiger partial charge in [0.15, 0.2) is 5.78 Å². The number of ketones is 1. The Morgan fingerprint density at radius 3 is 2.58 bits per heavy atom. The minimum absolute atomic E-state index is 0.0651. The summed E-state index contributed by atoms with van der Waals surface area (Å²) in [6, 6.07) is 6.12. The van der Waals surface area contributed by atoms with Gasteiger partial charge in [0, 0.05) is 25.1 Å². The van der Waals surface area contributed by atoms with Crippen molar-refractivity contribution in [1.82, 2.24) is 10.0 Å². The standard InChI is InChI=1S/C13H20N2O3S/c1-3-13(16)11-6-5-7-12(10-11)19(17,18)15-9-8-14-4-2/h5-7,10,14-15H,3-4,8-9H2,1-2H3. The van der Waals surface area contributed by atoms with Crippen molar-refractivity contribution in [1.29, 1.82) is 0 Å². The Morgan fingerprint density at radius 1 is 1.21 bits per heavy atom. The predicted octanol–water partition coefficient (Wildman–Crippen LogP) is 1.17. The number of benzene rings is 1. The molecule has 0 aliphatic rings. The highest BCUT2D eigenvalue weighted by Gasteiger charge is 2.14. The highest BCUT2D eigenvalue weighted by molar-refractivity contribution is 7.89. The van der Waals surface area contributed by atoms with Crippen molar-refractivity contribution in [2.75, 3.05) is 19.6 Å². The topological polar surface area (TPSA) is 75.3 Å². The van der Waals surface area contributed by atoms with Crippen LogP contribution in [-0.4, -0.2) is 33.8 Å². The zero-order chi connectivity index (χ0) is 14.3. The molecule has 0 saturated heterocycles. The quantitative estimate of drug-likeness (QED) is 0.555. The van der Waals surface area contributed by atoms with Gasteiger partial charge in [-0.25, -0.2) is 13.1 Å². The third kappa shape index (κ3) is 4.74. The summed E-state index contributed by atoms with van der Waals surface area (Å²) in [4.78, 5) is 11.7. The van der Waals surface area contributed by atoms with Crippen LogP contribution in [0.15, 0.2) is 29.2 Å². The van der Waals surface area contributed by atoms with Gasteiger partial charge < -0.3 is 5.32 Å². The molecule has 0 aliphatic heterocycles. The van der Waals surface area contributed by atoms with Crippen molar-refractivity contribution >= 4 is 15.8 Å². The lowest BCUT2D eigenvalue weighted by atomic mass is 10.1. The zero-order valence-corrected chi connectivity index (χ0v) is 12.1. The highest BCUT2D eigenvalue weighted by Crippen LogP contribution is 2.12. The van der Waals surface area contributed by atoms with Crippen LogP contribution in [0, 0.1) is 0 Å². The van der Waals surface area contributed by atoms with Crippen molar-refractivity contribution in [3.05, 3.63) is 29.8 Å². The van der Waals surface area contributed by atoms with E-state index >= 15 is 0 Å². The molecule has 0 aromatic heterocycles. The Bertz CT molecular complexity index is 526. The third-order valence-corrected chi connectivity index (χ3v) is 4.09. The van der Waals surface area contributed by atoms with Crippen LogP contribution in [0.2, 0.25) is 0 Å². The van der Waals surface area contributed by atoms with Gasteiger partial charge in [-0.15, -0.1) is 0 Å². The molecule has 0 amide bonds. The lowest BCUT2D eigenvalue weighted by molar-refractivity contribution is 0.0988.